The Kier molecular flexibility index (Phi) is 5.94. The van der Waals surface area contributed by atoms with E-state index in [2.05, 4.69) is 22.4 Å². The van der Waals surface area contributed by atoms with Crippen LogP contribution in [0.2, 0.25) is 0 Å². The summed E-state index contributed by atoms with van der Waals surface area (Å²) in [5.74, 6) is 0.838. The van der Waals surface area contributed by atoms with Crippen LogP contribution in [-0.2, 0) is 4.79 Å². The van der Waals surface area contributed by atoms with Gasteiger partial charge in [-0.1, -0.05) is 12.1 Å². The van der Waals surface area contributed by atoms with Gasteiger partial charge >= 0.3 is 0 Å². The number of hydrogen-bond acceptors (Lipinski definition) is 4. The Bertz CT molecular complexity index is 838. The maximum Gasteiger partial charge on any atom is 0.282 e. The molecule has 2 aromatic carbocycles. The lowest BCUT2D eigenvalue weighted by Crippen LogP contribution is -3.19. The van der Waals surface area contributed by atoms with E-state index in [4.69, 9.17) is 10.00 Å². The number of nitrogens with one attached hydrogen (secondary N) is 2. The van der Waals surface area contributed by atoms with Crippen molar-refractivity contribution in [3.05, 3.63) is 54.1 Å². The zero-order chi connectivity index (χ0) is 19.2. The third-order valence-electron chi connectivity index (χ3n) is 5.09. The molecule has 0 bridgehead atoms. The average Bonchev–Trinajstić information content (AvgIpc) is 2.73. The van der Waals surface area contributed by atoms with Crippen LogP contribution in [0.3, 0.4) is 0 Å². The van der Waals surface area contributed by atoms with Gasteiger partial charge < -0.3 is 19.9 Å². The minimum absolute atomic E-state index is 0.0186. The molecule has 1 fully saturated rings. The van der Waals surface area contributed by atoms with Crippen molar-refractivity contribution < 1.29 is 14.4 Å². The van der Waals surface area contributed by atoms with Gasteiger partial charge in [-0.05, 0) is 37.3 Å². The summed E-state index contributed by atoms with van der Waals surface area (Å²) in [6, 6.07) is 17.0. The monoisotopic (exact) mass is 365 g/mol. The Hall–Kier alpha value is -3.04. The second-order valence-corrected chi connectivity index (χ2v) is 6.75. The summed E-state index contributed by atoms with van der Waals surface area (Å²) in [4.78, 5) is 16.2. The van der Waals surface area contributed by atoms with E-state index in [1.807, 2.05) is 31.2 Å². The second kappa shape index (κ2) is 8.56. The molecule has 0 saturated carbocycles. The Morgan fingerprint density at radius 2 is 1.96 bits per heavy atom. The van der Waals surface area contributed by atoms with Gasteiger partial charge in [0, 0.05) is 17.4 Å². The maximum atomic E-state index is 12.6. The fraction of sp³-hybridized carbons (Fsp3) is 0.333. The SMILES string of the molecule is COc1cccc(N2CC[NH+]([C@H](C)C(=O)Nc3cccc(C#N)c3)CC2)c1. The van der Waals surface area contributed by atoms with Crippen molar-refractivity contribution in [2.75, 3.05) is 43.5 Å². The fourth-order valence-electron chi connectivity index (χ4n) is 3.39. The first-order valence-electron chi connectivity index (χ1n) is 9.15. The van der Waals surface area contributed by atoms with Crippen LogP contribution in [0, 0.1) is 11.3 Å². The van der Waals surface area contributed by atoms with E-state index in [-0.39, 0.29) is 11.9 Å². The summed E-state index contributed by atoms with van der Waals surface area (Å²) in [5.41, 5.74) is 2.36. The molecule has 6 heteroatoms. The van der Waals surface area contributed by atoms with E-state index in [9.17, 15) is 4.79 Å². The number of carbonyl (C=O) groups excluding carboxylic acids is 1. The van der Waals surface area contributed by atoms with E-state index >= 15 is 0 Å². The van der Waals surface area contributed by atoms with Crippen LogP contribution in [0.25, 0.3) is 0 Å². The highest BCUT2D eigenvalue weighted by Crippen LogP contribution is 2.20. The summed E-state index contributed by atoms with van der Waals surface area (Å²) in [6.45, 7) is 5.53. The van der Waals surface area contributed by atoms with E-state index in [0.29, 0.717) is 11.3 Å². The zero-order valence-corrected chi connectivity index (χ0v) is 15.7. The van der Waals surface area contributed by atoms with E-state index in [0.717, 1.165) is 37.6 Å². The summed E-state index contributed by atoms with van der Waals surface area (Å²) in [6.07, 6.45) is 0. The molecular weight excluding hydrogens is 340 g/mol. The summed E-state index contributed by atoms with van der Waals surface area (Å²) < 4.78 is 5.30. The highest BCUT2D eigenvalue weighted by molar-refractivity contribution is 5.93. The molecule has 0 spiro atoms. The van der Waals surface area contributed by atoms with Crippen molar-refractivity contribution in [2.45, 2.75) is 13.0 Å². The molecular formula is C21H25N4O2+. The van der Waals surface area contributed by atoms with Gasteiger partial charge in [-0.15, -0.1) is 0 Å². The Balaban J connectivity index is 1.56. The lowest BCUT2D eigenvalue weighted by molar-refractivity contribution is -0.914. The van der Waals surface area contributed by atoms with Crippen molar-refractivity contribution in [3.8, 4) is 11.8 Å². The van der Waals surface area contributed by atoms with Gasteiger partial charge in [0.05, 0.1) is 44.9 Å². The highest BCUT2D eigenvalue weighted by Gasteiger charge is 2.29. The van der Waals surface area contributed by atoms with Crippen LogP contribution in [0.15, 0.2) is 48.5 Å². The summed E-state index contributed by atoms with van der Waals surface area (Å²) in [5, 5.41) is 11.9. The van der Waals surface area contributed by atoms with Gasteiger partial charge in [-0.2, -0.15) is 5.26 Å². The van der Waals surface area contributed by atoms with E-state index in [1.54, 1.807) is 25.3 Å². The van der Waals surface area contributed by atoms with Crippen molar-refractivity contribution in [3.63, 3.8) is 0 Å². The third kappa shape index (κ3) is 4.57. The lowest BCUT2D eigenvalue weighted by Gasteiger charge is -2.36. The predicted molar refractivity (Wildman–Crippen MR) is 105 cm³/mol. The van der Waals surface area contributed by atoms with Gasteiger partial charge in [0.1, 0.15) is 5.75 Å². The molecule has 1 heterocycles. The van der Waals surface area contributed by atoms with E-state index < -0.39 is 0 Å². The third-order valence-corrected chi connectivity index (χ3v) is 5.09. The quantitative estimate of drug-likeness (QED) is 0.838. The molecule has 1 saturated heterocycles. The molecule has 0 aliphatic carbocycles. The topological polar surface area (TPSA) is 69.8 Å². The molecule has 1 amide bonds. The average molecular weight is 365 g/mol. The number of rotatable bonds is 5. The van der Waals surface area contributed by atoms with Crippen molar-refractivity contribution in [1.82, 2.24) is 0 Å². The summed E-state index contributed by atoms with van der Waals surface area (Å²) >= 11 is 0. The van der Waals surface area contributed by atoms with Gasteiger partial charge in [-0.3, -0.25) is 4.79 Å². The number of anilines is 2. The molecule has 3 rings (SSSR count). The van der Waals surface area contributed by atoms with Crippen LogP contribution in [0.4, 0.5) is 11.4 Å². The van der Waals surface area contributed by atoms with Crippen LogP contribution < -0.4 is 19.9 Å². The van der Waals surface area contributed by atoms with Crippen LogP contribution in [0.1, 0.15) is 12.5 Å². The number of methoxy groups -OCH3 is 1. The molecule has 2 aromatic rings. The molecule has 1 atom stereocenters. The second-order valence-electron chi connectivity index (χ2n) is 6.75. The molecule has 1 aliphatic heterocycles. The number of hydrogen-bond donors (Lipinski definition) is 2. The Labute approximate surface area is 160 Å². The van der Waals surface area contributed by atoms with Crippen molar-refractivity contribution in [1.29, 1.82) is 5.26 Å². The molecule has 0 aromatic heterocycles. The number of ether oxygens (including phenoxy) is 1. The molecule has 0 unspecified atom stereocenters. The minimum Gasteiger partial charge on any atom is -0.497 e. The molecule has 2 N–H and O–H groups in total. The van der Waals surface area contributed by atoms with E-state index in [1.165, 1.54) is 4.90 Å². The highest BCUT2D eigenvalue weighted by atomic mass is 16.5. The molecule has 27 heavy (non-hydrogen) atoms. The predicted octanol–water partition coefficient (Wildman–Crippen LogP) is 1.30. The molecule has 0 radical (unpaired) electrons. The number of amides is 1. The van der Waals surface area contributed by atoms with Crippen LogP contribution in [-0.4, -0.2) is 45.2 Å². The molecule has 1 aliphatic rings. The number of carbonyl (C=O) groups is 1. The number of piperazine rings is 1. The number of nitriles is 1. The van der Waals surface area contributed by atoms with Gasteiger partial charge in [-0.25, -0.2) is 0 Å². The normalized spacial score (nSPS) is 15.7. The fourth-order valence-corrected chi connectivity index (χ4v) is 3.39. The maximum absolute atomic E-state index is 12.6. The van der Waals surface area contributed by atoms with Crippen LogP contribution >= 0.6 is 0 Å². The first kappa shape index (κ1) is 18.7. The first-order valence-corrected chi connectivity index (χ1v) is 9.15. The van der Waals surface area contributed by atoms with Crippen molar-refractivity contribution >= 4 is 17.3 Å². The lowest BCUT2D eigenvalue weighted by atomic mass is 10.1. The number of nitrogens with zero attached hydrogens (tertiary/aromatic N) is 2. The van der Waals surface area contributed by atoms with Crippen LogP contribution in [0.5, 0.6) is 5.75 Å². The summed E-state index contributed by atoms with van der Waals surface area (Å²) in [7, 11) is 1.67. The smallest absolute Gasteiger partial charge is 0.282 e. The first-order chi connectivity index (χ1) is 13.1. The minimum atomic E-state index is -0.150. The standard InChI is InChI=1S/C21H24N4O2/c1-16(21(26)23-18-6-3-5-17(13-18)15-22)24-9-11-25(12-10-24)19-7-4-8-20(14-19)27-2/h3-8,13-14,16H,9-12H2,1-2H3,(H,23,26)/p+1/t16-/m1/s1. The molecule has 140 valence electrons. The van der Waals surface area contributed by atoms with Gasteiger partial charge in [0.2, 0.25) is 0 Å². The van der Waals surface area contributed by atoms with Gasteiger partial charge in [0.15, 0.2) is 6.04 Å². The van der Waals surface area contributed by atoms with Gasteiger partial charge in [0.25, 0.3) is 5.91 Å². The molecule has 6 nitrogen and oxygen atoms in total. The Morgan fingerprint density at radius 3 is 2.67 bits per heavy atom. The number of benzene rings is 2. The Morgan fingerprint density at radius 1 is 1.22 bits per heavy atom. The zero-order valence-electron chi connectivity index (χ0n) is 15.7. The largest absolute Gasteiger partial charge is 0.497 e. The van der Waals surface area contributed by atoms with Crippen molar-refractivity contribution in [2.24, 2.45) is 0 Å². The number of quaternary nitrogens is 1.